The number of nitrogens with one attached hydrogen (secondary N) is 2. The van der Waals surface area contributed by atoms with Crippen molar-refractivity contribution in [3.05, 3.63) is 90.3 Å². The third-order valence-corrected chi connectivity index (χ3v) is 9.84. The largest absolute Gasteiger partial charge is 0.497 e. The molecule has 1 aliphatic heterocycles. The van der Waals surface area contributed by atoms with E-state index in [1.165, 1.54) is 5.56 Å². The second-order valence-corrected chi connectivity index (χ2v) is 13.3. The zero-order valence-corrected chi connectivity index (χ0v) is 28.5. The van der Waals surface area contributed by atoms with Gasteiger partial charge in [0.2, 0.25) is 5.91 Å². The molecule has 0 unspecified atom stereocenters. The van der Waals surface area contributed by atoms with E-state index in [4.69, 9.17) is 15.5 Å². The predicted octanol–water partition coefficient (Wildman–Crippen LogP) is 5.45. The Hall–Kier alpha value is -5.33. The van der Waals surface area contributed by atoms with E-state index in [9.17, 15) is 9.59 Å². The summed E-state index contributed by atoms with van der Waals surface area (Å²) in [5, 5.41) is 6.05. The van der Waals surface area contributed by atoms with E-state index in [-0.39, 0.29) is 29.6 Å². The number of hydrogen-bond acceptors (Lipinski definition) is 9. The lowest BCUT2D eigenvalue weighted by atomic mass is 9.85. The lowest BCUT2D eigenvalue weighted by molar-refractivity contribution is -0.121. The lowest BCUT2D eigenvalue weighted by Gasteiger charge is -2.32. The molecule has 7 rings (SSSR count). The maximum atomic E-state index is 13.3. The minimum atomic E-state index is -0.218. The summed E-state index contributed by atoms with van der Waals surface area (Å²) in [6.45, 7) is 5.18. The van der Waals surface area contributed by atoms with Gasteiger partial charge in [-0.3, -0.25) is 14.5 Å². The van der Waals surface area contributed by atoms with E-state index >= 15 is 0 Å². The number of piperazine rings is 1. The molecule has 0 radical (unpaired) electrons. The summed E-state index contributed by atoms with van der Waals surface area (Å²) >= 11 is 0. The number of nitrogen functional groups attached to an aromatic ring is 1. The number of imidazole rings is 1. The highest BCUT2D eigenvalue weighted by Crippen LogP contribution is 2.35. The Labute approximate surface area is 291 Å². The van der Waals surface area contributed by atoms with E-state index < -0.39 is 0 Å². The smallest absolute Gasteiger partial charge is 0.255 e. The second kappa shape index (κ2) is 14.7. The number of amides is 2. The molecule has 0 atom stereocenters. The van der Waals surface area contributed by atoms with Gasteiger partial charge in [-0.1, -0.05) is 30.3 Å². The van der Waals surface area contributed by atoms with Crippen LogP contribution in [0.25, 0.3) is 22.6 Å². The highest BCUT2D eigenvalue weighted by atomic mass is 16.5. The van der Waals surface area contributed by atoms with Gasteiger partial charge in [0.1, 0.15) is 11.3 Å². The maximum Gasteiger partial charge on any atom is 0.255 e. The number of methoxy groups -OCH3 is 1. The number of carbonyl (C=O) groups is 2. The number of ether oxygens (including phenoxy) is 1. The molecule has 50 heavy (non-hydrogen) atoms. The fourth-order valence-electron chi connectivity index (χ4n) is 6.86. The first kappa shape index (κ1) is 33.2. The summed E-state index contributed by atoms with van der Waals surface area (Å²) in [5.74, 6) is 1.11. The van der Waals surface area contributed by atoms with Gasteiger partial charge in [0, 0.05) is 73.3 Å². The fourth-order valence-corrected chi connectivity index (χ4v) is 6.86. The van der Waals surface area contributed by atoms with Gasteiger partial charge in [-0.05, 0) is 74.7 Å². The van der Waals surface area contributed by atoms with Crippen LogP contribution in [0.2, 0.25) is 0 Å². The van der Waals surface area contributed by atoms with Crippen LogP contribution in [-0.2, 0) is 11.3 Å². The third-order valence-electron chi connectivity index (χ3n) is 9.84. The monoisotopic (exact) mass is 673 g/mol. The number of anilines is 3. The Bertz CT molecular complexity index is 1980. The average molecular weight is 674 g/mol. The van der Waals surface area contributed by atoms with Crippen LogP contribution in [0.4, 0.5) is 17.2 Å². The van der Waals surface area contributed by atoms with Crippen molar-refractivity contribution in [1.29, 1.82) is 0 Å². The van der Waals surface area contributed by atoms with E-state index in [1.807, 2.05) is 48.5 Å². The van der Waals surface area contributed by atoms with Crippen molar-refractivity contribution in [2.45, 2.75) is 38.3 Å². The van der Waals surface area contributed by atoms with Crippen LogP contribution in [0.3, 0.4) is 0 Å². The Kier molecular flexibility index (Phi) is 9.72. The Morgan fingerprint density at radius 3 is 2.40 bits per heavy atom. The van der Waals surface area contributed by atoms with Gasteiger partial charge in [-0.2, -0.15) is 0 Å². The van der Waals surface area contributed by atoms with Gasteiger partial charge >= 0.3 is 0 Å². The molecule has 1 saturated carbocycles. The highest BCUT2D eigenvalue weighted by molar-refractivity contribution is 6.05. The van der Waals surface area contributed by atoms with E-state index in [1.54, 1.807) is 25.6 Å². The molecule has 258 valence electrons. The first-order valence-electron chi connectivity index (χ1n) is 17.2. The van der Waals surface area contributed by atoms with Gasteiger partial charge in [-0.25, -0.2) is 15.0 Å². The van der Waals surface area contributed by atoms with Gasteiger partial charge in [0.25, 0.3) is 5.91 Å². The maximum absolute atomic E-state index is 13.3. The number of carbonyl (C=O) groups excluding carboxylic acids is 2. The van der Waals surface area contributed by atoms with E-state index in [2.05, 4.69) is 54.1 Å². The van der Waals surface area contributed by atoms with Crippen molar-refractivity contribution < 1.29 is 14.3 Å². The summed E-state index contributed by atoms with van der Waals surface area (Å²) in [4.78, 5) is 45.1. The number of nitrogens with zero attached hydrogens (tertiary/aromatic N) is 6. The molecule has 3 heterocycles. The molecular formula is C38H43N9O3. The molecule has 2 fully saturated rings. The van der Waals surface area contributed by atoms with Crippen molar-refractivity contribution in [2.24, 2.45) is 5.92 Å². The number of hydrogen-bond donors (Lipinski definition) is 3. The van der Waals surface area contributed by atoms with E-state index in [0.29, 0.717) is 33.9 Å². The molecule has 12 heteroatoms. The van der Waals surface area contributed by atoms with Crippen LogP contribution in [-0.4, -0.2) is 81.5 Å². The molecule has 0 bridgehead atoms. The first-order valence-corrected chi connectivity index (χ1v) is 17.2. The van der Waals surface area contributed by atoms with Crippen molar-refractivity contribution in [3.63, 3.8) is 0 Å². The van der Waals surface area contributed by atoms with Crippen LogP contribution in [0.5, 0.6) is 5.75 Å². The standard InChI is InChI=1S/C38H43N9O3/c1-45-17-19-46(20-18-45)23-25-9-13-29(14-10-25)41-38(49)28-6-3-5-27(21-28)35-43-34(39)33-36(44-35)47(24-40-33)31-15-11-26(12-16-31)37(48)42-30-7-4-8-32(22-30)50-2/h3-10,13-14,21-22,24,26,31H,11-12,15-20,23H2,1-2H3,(H,41,49)(H,42,48)(H2,39,43,44). The number of benzene rings is 3. The Morgan fingerprint density at radius 1 is 0.880 bits per heavy atom. The van der Waals surface area contributed by atoms with Crippen molar-refractivity contribution in [2.75, 3.05) is 56.7 Å². The zero-order valence-electron chi connectivity index (χ0n) is 28.5. The Morgan fingerprint density at radius 2 is 1.64 bits per heavy atom. The molecule has 3 aromatic carbocycles. The predicted molar refractivity (Wildman–Crippen MR) is 195 cm³/mol. The molecule has 12 nitrogen and oxygen atoms in total. The zero-order chi connectivity index (χ0) is 34.6. The highest BCUT2D eigenvalue weighted by Gasteiger charge is 2.29. The Balaban J connectivity index is 1.01. The molecule has 2 aromatic heterocycles. The summed E-state index contributed by atoms with van der Waals surface area (Å²) in [6, 6.07) is 22.8. The number of nitrogens with two attached hydrogens (primary N) is 1. The number of aromatic nitrogens is 4. The summed E-state index contributed by atoms with van der Waals surface area (Å²) < 4.78 is 7.33. The van der Waals surface area contributed by atoms with Crippen molar-refractivity contribution >= 4 is 40.2 Å². The third kappa shape index (κ3) is 7.46. The van der Waals surface area contributed by atoms with Crippen LogP contribution in [0, 0.1) is 5.92 Å². The molecule has 2 aliphatic rings. The minimum Gasteiger partial charge on any atom is -0.497 e. The number of fused-ring (bicyclic) bond motifs is 1. The summed E-state index contributed by atoms with van der Waals surface area (Å²) in [7, 11) is 3.76. The average Bonchev–Trinajstić information content (AvgIpc) is 3.58. The van der Waals surface area contributed by atoms with Crippen LogP contribution < -0.4 is 21.1 Å². The summed E-state index contributed by atoms with van der Waals surface area (Å²) in [6.07, 6.45) is 4.84. The topological polar surface area (TPSA) is 144 Å². The second-order valence-electron chi connectivity index (χ2n) is 13.3. The molecular weight excluding hydrogens is 630 g/mol. The van der Waals surface area contributed by atoms with Crippen LogP contribution >= 0.6 is 0 Å². The fraction of sp³-hybridized carbons (Fsp3) is 0.342. The quantitative estimate of drug-likeness (QED) is 0.186. The SMILES string of the molecule is COc1cccc(NC(=O)C2CCC(n3cnc4c(N)nc(-c5cccc(C(=O)Nc6ccc(CN7CCN(C)CC7)cc6)c5)nc43)CC2)c1. The number of likely N-dealkylation sites (N-methyl/N-ethyl adjacent to an activating group) is 1. The van der Waals surface area contributed by atoms with Gasteiger partial charge in [0.15, 0.2) is 17.3 Å². The van der Waals surface area contributed by atoms with Crippen LogP contribution in [0.1, 0.15) is 47.6 Å². The molecule has 5 aromatic rings. The normalized spacial score (nSPS) is 18.5. The van der Waals surface area contributed by atoms with Gasteiger partial charge < -0.3 is 30.6 Å². The summed E-state index contributed by atoms with van der Waals surface area (Å²) in [5.41, 5.74) is 11.4. The molecule has 2 amide bonds. The van der Waals surface area contributed by atoms with E-state index in [0.717, 1.165) is 69.8 Å². The van der Waals surface area contributed by atoms with Crippen LogP contribution in [0.15, 0.2) is 79.1 Å². The first-order chi connectivity index (χ1) is 24.3. The number of rotatable bonds is 9. The van der Waals surface area contributed by atoms with Crippen molar-refractivity contribution in [3.8, 4) is 17.1 Å². The van der Waals surface area contributed by atoms with Gasteiger partial charge in [0.05, 0.1) is 13.4 Å². The molecule has 4 N–H and O–H groups in total. The minimum absolute atomic E-state index is 0.0168. The molecule has 0 spiro atoms. The molecule has 1 saturated heterocycles. The van der Waals surface area contributed by atoms with Crippen molar-refractivity contribution in [1.82, 2.24) is 29.3 Å². The lowest BCUT2D eigenvalue weighted by Crippen LogP contribution is -2.43. The molecule has 1 aliphatic carbocycles. The van der Waals surface area contributed by atoms with Gasteiger partial charge in [-0.15, -0.1) is 0 Å².